The van der Waals surface area contributed by atoms with Gasteiger partial charge in [-0.25, -0.2) is 16.8 Å². The van der Waals surface area contributed by atoms with Crippen molar-refractivity contribution < 1.29 is 16.8 Å². The Morgan fingerprint density at radius 2 is 1.30 bits per heavy atom. The molecule has 0 amide bonds. The number of sulfonamides is 2. The molecule has 0 N–H and O–H groups in total. The van der Waals surface area contributed by atoms with Crippen LogP contribution in [-0.2, 0) is 20.0 Å². The maximum Gasteiger partial charge on any atom is 0.243 e. The zero-order valence-corrected chi connectivity index (χ0v) is 17.5. The van der Waals surface area contributed by atoms with Crippen LogP contribution in [0.4, 0.5) is 0 Å². The van der Waals surface area contributed by atoms with E-state index in [1.165, 1.54) is 14.7 Å². The van der Waals surface area contributed by atoms with E-state index >= 15 is 0 Å². The molecule has 0 bridgehead atoms. The molecule has 1 saturated heterocycles. The molecule has 0 radical (unpaired) electrons. The van der Waals surface area contributed by atoms with Crippen molar-refractivity contribution in [3.8, 4) is 0 Å². The molecule has 2 aromatic carbocycles. The van der Waals surface area contributed by atoms with E-state index in [0.717, 1.165) is 5.56 Å². The van der Waals surface area contributed by atoms with Crippen molar-refractivity contribution in [2.45, 2.75) is 23.6 Å². The van der Waals surface area contributed by atoms with Gasteiger partial charge in [0.2, 0.25) is 20.0 Å². The van der Waals surface area contributed by atoms with Gasteiger partial charge >= 0.3 is 0 Å². The molecule has 6 nitrogen and oxygen atoms in total. The largest absolute Gasteiger partial charge is 0.243 e. The average molecular weight is 429 g/mol. The second-order valence-corrected chi connectivity index (χ2v) is 10.8. The molecule has 0 atom stereocenters. The van der Waals surface area contributed by atoms with E-state index in [4.69, 9.17) is 11.6 Å². The Hall–Kier alpha value is -1.45. The van der Waals surface area contributed by atoms with Crippen molar-refractivity contribution in [2.24, 2.45) is 0 Å². The van der Waals surface area contributed by atoms with Crippen molar-refractivity contribution in [2.75, 3.05) is 26.2 Å². The number of hydrogen-bond acceptors (Lipinski definition) is 4. The van der Waals surface area contributed by atoms with Crippen LogP contribution in [0.2, 0.25) is 5.02 Å². The first kappa shape index (κ1) is 20.3. The monoisotopic (exact) mass is 428 g/mol. The molecule has 0 aliphatic carbocycles. The number of halogens is 1. The van der Waals surface area contributed by atoms with E-state index in [9.17, 15) is 16.8 Å². The molecule has 27 heavy (non-hydrogen) atoms. The topological polar surface area (TPSA) is 74.8 Å². The maximum atomic E-state index is 12.9. The Labute approximate surface area is 165 Å². The highest BCUT2D eigenvalue weighted by Gasteiger charge is 2.34. The Bertz CT molecular complexity index is 1040. The lowest BCUT2D eigenvalue weighted by Gasteiger charge is -2.33. The van der Waals surface area contributed by atoms with Crippen LogP contribution in [0.3, 0.4) is 0 Å². The number of piperazine rings is 1. The van der Waals surface area contributed by atoms with Gasteiger partial charge in [-0.2, -0.15) is 8.61 Å². The fraction of sp³-hybridized carbons (Fsp3) is 0.333. The van der Waals surface area contributed by atoms with Gasteiger partial charge in [-0.3, -0.25) is 0 Å². The third-order valence-corrected chi connectivity index (χ3v) is 8.82. The van der Waals surface area contributed by atoms with Crippen LogP contribution in [0.5, 0.6) is 0 Å². The molecule has 0 spiro atoms. The van der Waals surface area contributed by atoms with E-state index in [-0.39, 0.29) is 36.0 Å². The smallest absolute Gasteiger partial charge is 0.207 e. The van der Waals surface area contributed by atoms with Gasteiger partial charge in [-0.1, -0.05) is 29.3 Å². The molecule has 1 aliphatic heterocycles. The summed E-state index contributed by atoms with van der Waals surface area (Å²) < 4.78 is 54.0. The van der Waals surface area contributed by atoms with Gasteiger partial charge in [0.25, 0.3) is 0 Å². The number of hydrogen-bond donors (Lipinski definition) is 0. The van der Waals surface area contributed by atoms with Crippen LogP contribution in [0.15, 0.2) is 52.3 Å². The standard InChI is InChI=1S/C18H21ClN2O4S2/c1-14-3-6-17(7-4-14)26(22,23)20-9-11-21(12-10-20)27(24,25)18-8-5-16(19)13-15(18)2/h3-8,13H,9-12H2,1-2H3. The first-order valence-corrected chi connectivity index (χ1v) is 11.7. The second kappa shape index (κ2) is 7.52. The van der Waals surface area contributed by atoms with Crippen LogP contribution >= 0.6 is 11.6 Å². The van der Waals surface area contributed by atoms with Crippen molar-refractivity contribution >= 4 is 31.6 Å². The summed E-state index contributed by atoms with van der Waals surface area (Å²) in [5.74, 6) is 0. The zero-order chi connectivity index (χ0) is 19.8. The fourth-order valence-corrected chi connectivity index (χ4v) is 6.33. The van der Waals surface area contributed by atoms with E-state index in [1.807, 2.05) is 6.92 Å². The highest BCUT2D eigenvalue weighted by Crippen LogP contribution is 2.25. The van der Waals surface area contributed by atoms with Crippen LogP contribution in [0.25, 0.3) is 0 Å². The molecule has 1 aliphatic rings. The number of rotatable bonds is 4. The molecule has 146 valence electrons. The van der Waals surface area contributed by atoms with E-state index in [1.54, 1.807) is 43.3 Å². The molecular formula is C18H21ClN2O4S2. The lowest BCUT2D eigenvalue weighted by Crippen LogP contribution is -2.50. The molecule has 9 heteroatoms. The minimum Gasteiger partial charge on any atom is -0.207 e. The SMILES string of the molecule is Cc1ccc(S(=O)(=O)N2CCN(S(=O)(=O)c3ccc(Cl)cc3C)CC2)cc1. The van der Waals surface area contributed by atoms with Crippen molar-refractivity contribution in [1.82, 2.24) is 8.61 Å². The molecule has 2 aromatic rings. The molecular weight excluding hydrogens is 408 g/mol. The first-order chi connectivity index (χ1) is 12.6. The summed E-state index contributed by atoms with van der Waals surface area (Å²) >= 11 is 5.91. The normalized spacial score (nSPS) is 17.1. The summed E-state index contributed by atoms with van der Waals surface area (Å²) in [6.45, 7) is 4.02. The van der Waals surface area contributed by atoms with Gasteiger partial charge in [-0.15, -0.1) is 0 Å². The van der Waals surface area contributed by atoms with Crippen molar-refractivity contribution in [3.05, 3.63) is 58.6 Å². The van der Waals surface area contributed by atoms with E-state index < -0.39 is 20.0 Å². The van der Waals surface area contributed by atoms with Gasteiger partial charge in [0.05, 0.1) is 9.79 Å². The average Bonchev–Trinajstić information content (AvgIpc) is 2.62. The van der Waals surface area contributed by atoms with Gasteiger partial charge in [0.1, 0.15) is 0 Å². The van der Waals surface area contributed by atoms with Crippen LogP contribution in [0, 0.1) is 13.8 Å². The summed E-state index contributed by atoms with van der Waals surface area (Å²) in [5.41, 5.74) is 1.54. The van der Waals surface area contributed by atoms with Crippen LogP contribution < -0.4 is 0 Å². The van der Waals surface area contributed by atoms with Gasteiger partial charge in [0, 0.05) is 31.2 Å². The summed E-state index contributed by atoms with van der Waals surface area (Å²) in [6.07, 6.45) is 0. The third kappa shape index (κ3) is 4.05. The number of nitrogens with zero attached hydrogens (tertiary/aromatic N) is 2. The van der Waals surface area contributed by atoms with E-state index in [2.05, 4.69) is 0 Å². The van der Waals surface area contributed by atoms with Crippen LogP contribution in [-0.4, -0.2) is 51.6 Å². The minimum atomic E-state index is -3.70. The summed E-state index contributed by atoms with van der Waals surface area (Å²) in [5, 5.41) is 0.473. The number of aryl methyl sites for hydroxylation is 2. The second-order valence-electron chi connectivity index (χ2n) is 6.53. The third-order valence-electron chi connectivity index (χ3n) is 4.61. The number of benzene rings is 2. The summed E-state index contributed by atoms with van der Waals surface area (Å²) in [6, 6.07) is 11.3. The van der Waals surface area contributed by atoms with E-state index in [0.29, 0.717) is 10.6 Å². The summed E-state index contributed by atoms with van der Waals surface area (Å²) in [4.78, 5) is 0.416. The predicted molar refractivity (Wildman–Crippen MR) is 105 cm³/mol. The first-order valence-electron chi connectivity index (χ1n) is 8.45. The van der Waals surface area contributed by atoms with Gasteiger partial charge in [-0.05, 0) is 49.7 Å². The maximum absolute atomic E-state index is 12.9. The lowest BCUT2D eigenvalue weighted by atomic mass is 10.2. The van der Waals surface area contributed by atoms with Crippen LogP contribution in [0.1, 0.15) is 11.1 Å². The molecule has 3 rings (SSSR count). The highest BCUT2D eigenvalue weighted by molar-refractivity contribution is 7.89. The molecule has 1 heterocycles. The van der Waals surface area contributed by atoms with Crippen molar-refractivity contribution in [1.29, 1.82) is 0 Å². The Balaban J connectivity index is 1.77. The molecule has 0 saturated carbocycles. The fourth-order valence-electron chi connectivity index (χ4n) is 3.05. The molecule has 0 aromatic heterocycles. The Morgan fingerprint density at radius 1 is 0.778 bits per heavy atom. The Kier molecular flexibility index (Phi) is 5.65. The lowest BCUT2D eigenvalue weighted by molar-refractivity contribution is 0.272. The Morgan fingerprint density at radius 3 is 1.81 bits per heavy atom. The highest BCUT2D eigenvalue weighted by atomic mass is 35.5. The minimum absolute atomic E-state index is 0.107. The van der Waals surface area contributed by atoms with Gasteiger partial charge < -0.3 is 0 Å². The predicted octanol–water partition coefficient (Wildman–Crippen LogP) is 2.65. The summed E-state index contributed by atoms with van der Waals surface area (Å²) in [7, 11) is -7.33. The zero-order valence-electron chi connectivity index (χ0n) is 15.1. The van der Waals surface area contributed by atoms with Gasteiger partial charge in [0.15, 0.2) is 0 Å². The van der Waals surface area contributed by atoms with Crippen molar-refractivity contribution in [3.63, 3.8) is 0 Å². The quantitative estimate of drug-likeness (QED) is 0.750. The molecule has 0 unspecified atom stereocenters. The molecule has 1 fully saturated rings.